The highest BCUT2D eigenvalue weighted by Crippen LogP contribution is 2.14. The van der Waals surface area contributed by atoms with Gasteiger partial charge in [-0.15, -0.1) is 0 Å². The van der Waals surface area contributed by atoms with Crippen LogP contribution >= 0.6 is 0 Å². The predicted octanol–water partition coefficient (Wildman–Crippen LogP) is 5.85. The van der Waals surface area contributed by atoms with Crippen LogP contribution < -0.4 is 4.74 Å². The first-order valence-electron chi connectivity index (χ1n) is 8.49. The molecule has 25 heavy (non-hydrogen) atoms. The first-order valence-corrected chi connectivity index (χ1v) is 8.49. The lowest BCUT2D eigenvalue weighted by atomic mass is 10.1. The van der Waals surface area contributed by atoms with Crippen molar-refractivity contribution < 1.29 is 17.9 Å². The summed E-state index contributed by atoms with van der Waals surface area (Å²) in [6, 6.07) is 8.91. The molecule has 0 fully saturated rings. The number of hydrogen-bond donors (Lipinski definition) is 0. The molecule has 4 heteroatoms. The maximum absolute atomic E-state index is 13.1. The van der Waals surface area contributed by atoms with Crippen molar-refractivity contribution in [3.05, 3.63) is 65.0 Å². The van der Waals surface area contributed by atoms with Crippen LogP contribution in [-0.4, -0.2) is 6.61 Å². The molecule has 0 aromatic heterocycles. The highest BCUT2D eigenvalue weighted by Gasteiger charge is 2.09. The summed E-state index contributed by atoms with van der Waals surface area (Å²) in [6.07, 6.45) is 5.92. The third-order valence-corrected chi connectivity index (χ3v) is 3.71. The van der Waals surface area contributed by atoms with Crippen molar-refractivity contribution in [3.8, 4) is 17.6 Å². The second-order valence-electron chi connectivity index (χ2n) is 5.79. The van der Waals surface area contributed by atoms with E-state index < -0.39 is 17.5 Å². The SMILES string of the molecule is CCCCCCCOc1ccc(C#Cc2cc(F)c(F)c(F)c2)cc1. The summed E-state index contributed by atoms with van der Waals surface area (Å²) in [7, 11) is 0. The summed E-state index contributed by atoms with van der Waals surface area (Å²) in [5, 5.41) is 0. The lowest BCUT2D eigenvalue weighted by Gasteiger charge is -2.05. The van der Waals surface area contributed by atoms with Gasteiger partial charge < -0.3 is 4.74 Å². The van der Waals surface area contributed by atoms with Crippen molar-refractivity contribution in [2.75, 3.05) is 6.61 Å². The van der Waals surface area contributed by atoms with E-state index >= 15 is 0 Å². The zero-order chi connectivity index (χ0) is 18.1. The Labute approximate surface area is 146 Å². The summed E-state index contributed by atoms with van der Waals surface area (Å²) < 4.78 is 44.8. The molecule has 1 nitrogen and oxygen atoms in total. The quantitative estimate of drug-likeness (QED) is 0.347. The summed E-state index contributed by atoms with van der Waals surface area (Å²) >= 11 is 0. The number of benzene rings is 2. The van der Waals surface area contributed by atoms with E-state index in [-0.39, 0.29) is 5.56 Å². The largest absolute Gasteiger partial charge is 0.494 e. The molecule has 0 saturated heterocycles. The maximum Gasteiger partial charge on any atom is 0.194 e. The van der Waals surface area contributed by atoms with Gasteiger partial charge in [-0.05, 0) is 42.8 Å². The Hall–Kier alpha value is -2.41. The van der Waals surface area contributed by atoms with Gasteiger partial charge in [-0.2, -0.15) is 0 Å². The molecule has 132 valence electrons. The van der Waals surface area contributed by atoms with Crippen LogP contribution in [0.1, 0.15) is 50.2 Å². The highest BCUT2D eigenvalue weighted by molar-refractivity contribution is 5.44. The molecular weight excluding hydrogens is 325 g/mol. The van der Waals surface area contributed by atoms with Crippen molar-refractivity contribution in [1.82, 2.24) is 0 Å². The molecule has 0 aliphatic heterocycles. The monoisotopic (exact) mass is 346 g/mol. The van der Waals surface area contributed by atoms with Gasteiger partial charge in [0.15, 0.2) is 17.5 Å². The zero-order valence-electron chi connectivity index (χ0n) is 14.2. The fourth-order valence-electron chi connectivity index (χ4n) is 2.30. The molecule has 0 amide bonds. The van der Waals surface area contributed by atoms with Crippen molar-refractivity contribution in [2.45, 2.75) is 39.0 Å². The Kier molecular flexibility index (Phi) is 7.40. The van der Waals surface area contributed by atoms with Gasteiger partial charge in [0.1, 0.15) is 5.75 Å². The molecule has 0 spiro atoms. The van der Waals surface area contributed by atoms with Gasteiger partial charge in [0.25, 0.3) is 0 Å². The Morgan fingerprint density at radius 3 is 2.04 bits per heavy atom. The van der Waals surface area contributed by atoms with Crippen molar-refractivity contribution in [1.29, 1.82) is 0 Å². The van der Waals surface area contributed by atoms with E-state index in [1.54, 1.807) is 12.1 Å². The molecule has 0 saturated carbocycles. The molecule has 0 atom stereocenters. The summed E-state index contributed by atoms with van der Waals surface area (Å²) in [4.78, 5) is 0. The molecule has 0 radical (unpaired) electrons. The molecule has 0 N–H and O–H groups in total. The van der Waals surface area contributed by atoms with Crippen LogP contribution in [0, 0.1) is 29.3 Å². The summed E-state index contributed by atoms with van der Waals surface area (Å²) in [5.74, 6) is 2.21. The van der Waals surface area contributed by atoms with Gasteiger partial charge in [0.2, 0.25) is 0 Å². The van der Waals surface area contributed by atoms with Gasteiger partial charge in [-0.3, -0.25) is 0 Å². The zero-order valence-corrected chi connectivity index (χ0v) is 14.2. The fraction of sp³-hybridized carbons (Fsp3) is 0.333. The third kappa shape index (κ3) is 6.19. The number of unbranched alkanes of at least 4 members (excludes halogenated alkanes) is 4. The molecule has 0 heterocycles. The molecule has 2 aromatic rings. The van der Waals surface area contributed by atoms with Crippen LogP contribution in [0.5, 0.6) is 5.75 Å². The van der Waals surface area contributed by atoms with Crippen LogP contribution in [0.4, 0.5) is 13.2 Å². The minimum atomic E-state index is -1.48. The molecule has 0 aliphatic rings. The van der Waals surface area contributed by atoms with Crippen LogP contribution in [0.15, 0.2) is 36.4 Å². The van der Waals surface area contributed by atoms with Gasteiger partial charge >= 0.3 is 0 Å². The maximum atomic E-state index is 13.1. The molecule has 0 unspecified atom stereocenters. The average molecular weight is 346 g/mol. The Bertz CT molecular complexity index is 719. The van der Waals surface area contributed by atoms with E-state index in [1.165, 1.54) is 25.7 Å². The van der Waals surface area contributed by atoms with Gasteiger partial charge in [0, 0.05) is 11.1 Å². The standard InChI is InChI=1S/C21H21F3O/c1-2-3-4-5-6-13-25-18-11-9-16(10-12-18)7-8-17-14-19(22)21(24)20(23)15-17/h9-12,14-15H,2-6,13H2,1H3. The van der Waals surface area contributed by atoms with Crippen LogP contribution in [0.2, 0.25) is 0 Å². The van der Waals surface area contributed by atoms with E-state index in [2.05, 4.69) is 18.8 Å². The van der Waals surface area contributed by atoms with Crippen molar-refractivity contribution in [3.63, 3.8) is 0 Å². The predicted molar refractivity (Wildman–Crippen MR) is 93.0 cm³/mol. The smallest absolute Gasteiger partial charge is 0.194 e. The molecule has 0 aliphatic carbocycles. The minimum Gasteiger partial charge on any atom is -0.494 e. The van der Waals surface area contributed by atoms with Crippen LogP contribution in [-0.2, 0) is 0 Å². The third-order valence-electron chi connectivity index (χ3n) is 3.71. The van der Waals surface area contributed by atoms with Gasteiger partial charge in [0.05, 0.1) is 6.61 Å². The molecule has 2 aromatic carbocycles. The topological polar surface area (TPSA) is 9.23 Å². The van der Waals surface area contributed by atoms with Crippen molar-refractivity contribution in [2.24, 2.45) is 0 Å². The summed E-state index contributed by atoms with van der Waals surface area (Å²) in [6.45, 7) is 2.87. The number of hydrogen-bond acceptors (Lipinski definition) is 1. The Morgan fingerprint density at radius 1 is 0.800 bits per heavy atom. The second-order valence-corrected chi connectivity index (χ2v) is 5.79. The average Bonchev–Trinajstić information content (AvgIpc) is 2.61. The Morgan fingerprint density at radius 2 is 1.40 bits per heavy atom. The minimum absolute atomic E-state index is 0.0869. The first-order chi connectivity index (χ1) is 12.1. The van der Waals surface area contributed by atoms with E-state index in [9.17, 15) is 13.2 Å². The van der Waals surface area contributed by atoms with E-state index in [4.69, 9.17) is 4.74 Å². The van der Waals surface area contributed by atoms with Crippen LogP contribution in [0.3, 0.4) is 0 Å². The molecule has 0 bridgehead atoms. The fourth-order valence-corrected chi connectivity index (χ4v) is 2.30. The Balaban J connectivity index is 1.89. The van der Waals surface area contributed by atoms with Crippen LogP contribution in [0.25, 0.3) is 0 Å². The van der Waals surface area contributed by atoms with E-state index in [0.29, 0.717) is 12.2 Å². The van der Waals surface area contributed by atoms with Gasteiger partial charge in [-0.1, -0.05) is 44.4 Å². The summed E-state index contributed by atoms with van der Waals surface area (Å²) in [5.41, 5.74) is 0.768. The highest BCUT2D eigenvalue weighted by atomic mass is 19.2. The van der Waals surface area contributed by atoms with Gasteiger partial charge in [-0.25, -0.2) is 13.2 Å². The second kappa shape index (κ2) is 9.78. The normalized spacial score (nSPS) is 10.2. The lowest BCUT2D eigenvalue weighted by Crippen LogP contribution is -1.97. The van der Waals surface area contributed by atoms with Crippen molar-refractivity contribution >= 4 is 0 Å². The number of rotatable bonds is 7. The molecule has 2 rings (SSSR count). The molecular formula is C21H21F3O. The lowest BCUT2D eigenvalue weighted by molar-refractivity contribution is 0.304. The number of halogens is 3. The number of ether oxygens (including phenoxy) is 1. The van der Waals surface area contributed by atoms with E-state index in [0.717, 1.165) is 24.3 Å². The van der Waals surface area contributed by atoms with E-state index in [1.807, 2.05) is 12.1 Å². The first kappa shape index (κ1) is 18.9.